The lowest BCUT2D eigenvalue weighted by Crippen LogP contribution is -1.95. The number of halogens is 1. The van der Waals surface area contributed by atoms with E-state index in [4.69, 9.17) is 0 Å². The van der Waals surface area contributed by atoms with Crippen LogP contribution in [0.5, 0.6) is 5.75 Å². The number of nitrogens with one attached hydrogen (secondary N) is 1. The van der Waals surface area contributed by atoms with Gasteiger partial charge in [-0.25, -0.2) is 9.97 Å². The molecule has 1 rings (SSSR count). The van der Waals surface area contributed by atoms with Crippen LogP contribution in [0.4, 0.5) is 5.95 Å². The van der Waals surface area contributed by atoms with Crippen LogP contribution in [0.1, 0.15) is 11.4 Å². The molecule has 0 saturated heterocycles. The first kappa shape index (κ1) is 8.51. The van der Waals surface area contributed by atoms with Crippen LogP contribution < -0.4 is 3.53 Å². The summed E-state index contributed by atoms with van der Waals surface area (Å²) in [6.07, 6.45) is 0. The lowest BCUT2D eigenvalue weighted by Gasteiger charge is -2.03. The van der Waals surface area contributed by atoms with Crippen molar-refractivity contribution >= 4 is 28.8 Å². The minimum atomic E-state index is 0.167. The maximum absolute atomic E-state index is 9.27. The first-order valence-corrected chi connectivity index (χ1v) is 4.14. The Bertz CT molecular complexity index is 254. The van der Waals surface area contributed by atoms with Gasteiger partial charge in [0.05, 0.1) is 34.3 Å². The molecule has 0 aromatic carbocycles. The number of hydrogen-bond acceptors (Lipinski definition) is 4. The highest BCUT2D eigenvalue weighted by Gasteiger charge is 2.04. The molecule has 11 heavy (non-hydrogen) atoms. The number of aromatic hydroxyl groups is 1. The fourth-order valence-electron chi connectivity index (χ4n) is 0.753. The average Bonchev–Trinajstić information content (AvgIpc) is 1.99. The van der Waals surface area contributed by atoms with Crippen molar-refractivity contribution in [2.75, 3.05) is 3.53 Å². The zero-order valence-electron chi connectivity index (χ0n) is 6.22. The van der Waals surface area contributed by atoms with Gasteiger partial charge in [-0.2, -0.15) is 0 Å². The molecule has 0 aliphatic carbocycles. The lowest BCUT2D eigenvalue weighted by atomic mass is 10.3. The van der Waals surface area contributed by atoms with Crippen molar-refractivity contribution in [2.45, 2.75) is 13.8 Å². The van der Waals surface area contributed by atoms with Gasteiger partial charge >= 0.3 is 0 Å². The Kier molecular flexibility index (Phi) is 2.48. The van der Waals surface area contributed by atoms with Gasteiger partial charge in [-0.05, 0) is 13.8 Å². The molecule has 0 amide bonds. The quantitative estimate of drug-likeness (QED) is 0.597. The first-order chi connectivity index (χ1) is 5.15. The van der Waals surface area contributed by atoms with E-state index >= 15 is 0 Å². The average molecular weight is 265 g/mol. The molecule has 5 heteroatoms. The van der Waals surface area contributed by atoms with E-state index in [0.29, 0.717) is 17.3 Å². The first-order valence-electron chi connectivity index (χ1n) is 3.06. The third-order valence-electron chi connectivity index (χ3n) is 1.32. The van der Waals surface area contributed by atoms with E-state index in [2.05, 4.69) is 13.5 Å². The fraction of sp³-hybridized carbons (Fsp3) is 0.333. The fourth-order valence-corrected chi connectivity index (χ4v) is 0.994. The molecule has 4 nitrogen and oxygen atoms in total. The van der Waals surface area contributed by atoms with E-state index in [-0.39, 0.29) is 5.75 Å². The summed E-state index contributed by atoms with van der Waals surface area (Å²) in [7, 11) is 0. The molecule has 0 fully saturated rings. The van der Waals surface area contributed by atoms with Gasteiger partial charge < -0.3 is 5.11 Å². The van der Waals surface area contributed by atoms with Crippen molar-refractivity contribution in [1.29, 1.82) is 0 Å². The summed E-state index contributed by atoms with van der Waals surface area (Å²) >= 11 is 1.94. The molecule has 0 bridgehead atoms. The maximum atomic E-state index is 9.27. The summed E-state index contributed by atoms with van der Waals surface area (Å²) in [6, 6.07) is 0. The van der Waals surface area contributed by atoms with Crippen molar-refractivity contribution < 1.29 is 5.11 Å². The van der Waals surface area contributed by atoms with Crippen molar-refractivity contribution in [1.82, 2.24) is 9.97 Å². The molecule has 60 valence electrons. The van der Waals surface area contributed by atoms with E-state index < -0.39 is 0 Å². The Labute approximate surface area is 78.6 Å². The summed E-state index contributed by atoms with van der Waals surface area (Å²) in [5, 5.41) is 9.27. The number of aryl methyl sites for hydroxylation is 2. The summed E-state index contributed by atoms with van der Waals surface area (Å²) in [5.74, 6) is 0.693. The summed E-state index contributed by atoms with van der Waals surface area (Å²) in [4.78, 5) is 7.94. The molecular weight excluding hydrogens is 257 g/mol. The van der Waals surface area contributed by atoms with E-state index in [0.717, 1.165) is 0 Å². The third-order valence-corrected chi connectivity index (χ3v) is 1.80. The molecule has 0 atom stereocenters. The van der Waals surface area contributed by atoms with Gasteiger partial charge in [-0.1, -0.05) is 0 Å². The second kappa shape index (κ2) is 3.21. The molecule has 0 aliphatic heterocycles. The highest BCUT2D eigenvalue weighted by molar-refractivity contribution is 14.1. The van der Waals surface area contributed by atoms with Crippen molar-refractivity contribution in [3.63, 3.8) is 0 Å². The summed E-state index contributed by atoms with van der Waals surface area (Å²) < 4.78 is 2.77. The van der Waals surface area contributed by atoms with Crippen LogP contribution in [0, 0.1) is 13.8 Å². The van der Waals surface area contributed by atoms with Crippen molar-refractivity contribution in [3.05, 3.63) is 11.4 Å². The van der Waals surface area contributed by atoms with E-state index in [1.54, 1.807) is 13.8 Å². The van der Waals surface area contributed by atoms with E-state index in [1.807, 2.05) is 22.9 Å². The largest absolute Gasteiger partial charge is 0.504 e. The number of nitrogens with zero attached hydrogens (tertiary/aromatic N) is 2. The van der Waals surface area contributed by atoms with Crippen molar-refractivity contribution in [3.8, 4) is 5.75 Å². The minimum absolute atomic E-state index is 0.167. The molecule has 1 aromatic heterocycles. The van der Waals surface area contributed by atoms with E-state index in [1.165, 1.54) is 0 Å². The molecule has 0 aliphatic rings. The molecule has 0 radical (unpaired) electrons. The minimum Gasteiger partial charge on any atom is -0.504 e. The Balaban J connectivity index is 3.21. The van der Waals surface area contributed by atoms with Crippen LogP contribution in [-0.4, -0.2) is 15.1 Å². The zero-order valence-corrected chi connectivity index (χ0v) is 8.38. The topological polar surface area (TPSA) is 58.0 Å². The monoisotopic (exact) mass is 265 g/mol. The second-order valence-electron chi connectivity index (χ2n) is 2.16. The number of anilines is 1. The van der Waals surface area contributed by atoms with Crippen LogP contribution in [0.25, 0.3) is 0 Å². The highest BCUT2D eigenvalue weighted by Crippen LogP contribution is 2.18. The lowest BCUT2D eigenvalue weighted by molar-refractivity contribution is 0.459. The Morgan fingerprint density at radius 2 is 1.73 bits per heavy atom. The zero-order chi connectivity index (χ0) is 8.43. The van der Waals surface area contributed by atoms with Gasteiger partial charge in [-0.3, -0.25) is 3.53 Å². The number of rotatable bonds is 1. The molecule has 0 saturated carbocycles. The van der Waals surface area contributed by atoms with Gasteiger partial charge in [0.2, 0.25) is 5.95 Å². The Hall–Kier alpha value is -0.590. The molecule has 2 N–H and O–H groups in total. The highest BCUT2D eigenvalue weighted by atomic mass is 127. The van der Waals surface area contributed by atoms with Crippen LogP contribution >= 0.6 is 22.9 Å². The van der Waals surface area contributed by atoms with Crippen molar-refractivity contribution in [2.24, 2.45) is 0 Å². The molecule has 1 heterocycles. The number of aromatic nitrogens is 2. The van der Waals surface area contributed by atoms with Gasteiger partial charge in [0, 0.05) is 0 Å². The van der Waals surface area contributed by atoms with Gasteiger partial charge in [0.1, 0.15) is 0 Å². The predicted molar refractivity (Wildman–Crippen MR) is 50.8 cm³/mol. The van der Waals surface area contributed by atoms with Gasteiger partial charge in [-0.15, -0.1) is 0 Å². The number of hydrogen-bond donors (Lipinski definition) is 2. The standard InChI is InChI=1S/C6H8IN3O/c1-3-5(11)4(2)9-6(8-3)10-7/h11H,1-2H3,(H,8,9,10). The van der Waals surface area contributed by atoms with Crippen LogP contribution in [-0.2, 0) is 0 Å². The smallest absolute Gasteiger partial charge is 0.232 e. The normalized spacial score (nSPS) is 9.73. The van der Waals surface area contributed by atoms with Crippen LogP contribution in [0.2, 0.25) is 0 Å². The van der Waals surface area contributed by atoms with Gasteiger partial charge in [0.25, 0.3) is 0 Å². The van der Waals surface area contributed by atoms with Gasteiger partial charge in [0.15, 0.2) is 5.75 Å². The van der Waals surface area contributed by atoms with E-state index in [9.17, 15) is 5.11 Å². The Morgan fingerprint density at radius 3 is 2.09 bits per heavy atom. The second-order valence-corrected chi connectivity index (χ2v) is 2.70. The predicted octanol–water partition coefficient (Wildman–Crippen LogP) is 1.56. The summed E-state index contributed by atoms with van der Waals surface area (Å²) in [5.41, 5.74) is 1.19. The molecule has 1 aromatic rings. The molecule has 0 unspecified atom stereocenters. The maximum Gasteiger partial charge on any atom is 0.232 e. The third kappa shape index (κ3) is 1.70. The SMILES string of the molecule is Cc1nc(NI)nc(C)c1O. The summed E-state index contributed by atoms with van der Waals surface area (Å²) in [6.45, 7) is 3.48. The Morgan fingerprint density at radius 1 is 1.27 bits per heavy atom. The molecule has 0 spiro atoms. The van der Waals surface area contributed by atoms with Crippen LogP contribution in [0.3, 0.4) is 0 Å². The van der Waals surface area contributed by atoms with Crippen LogP contribution in [0.15, 0.2) is 0 Å². The molecular formula is C6H8IN3O.